The van der Waals surface area contributed by atoms with E-state index in [1.165, 1.54) is 12.1 Å². The first kappa shape index (κ1) is 77.2. The zero-order valence-electron chi connectivity index (χ0n) is 41.5. The van der Waals surface area contributed by atoms with Gasteiger partial charge in [0.05, 0.1) is 35.7 Å². The van der Waals surface area contributed by atoms with Gasteiger partial charge >= 0.3 is 213 Å². The molecule has 6 aromatic carbocycles. The first-order valence-electron chi connectivity index (χ1n) is 18.8. The van der Waals surface area contributed by atoms with Crippen molar-refractivity contribution in [2.45, 2.75) is 26.5 Å². The summed E-state index contributed by atoms with van der Waals surface area (Å²) >= 11 is 0. The molecule has 0 radical (unpaired) electrons. The molecule has 0 aliphatic rings. The molecule has 0 spiro atoms. The fourth-order valence-corrected chi connectivity index (χ4v) is 8.18. The number of benzene rings is 6. The van der Waals surface area contributed by atoms with Crippen LogP contribution in [0.25, 0.3) is 0 Å². The molecule has 0 bridgehead atoms. The Morgan fingerprint density at radius 3 is 1.18 bits per heavy atom. The van der Waals surface area contributed by atoms with E-state index in [1.807, 2.05) is 0 Å². The molecule has 6 N–H and O–H groups in total. The van der Waals surface area contributed by atoms with Crippen LogP contribution in [0, 0.1) is 25.1 Å². The topological polar surface area (TPSA) is 386 Å². The molecule has 0 unspecified atom stereocenters. The molecule has 6 amide bonds. The fourth-order valence-electron chi connectivity index (χ4n) is 5.91. The summed E-state index contributed by atoms with van der Waals surface area (Å²) < 4.78 is 141. The van der Waals surface area contributed by atoms with E-state index >= 15 is 0 Å². The molecule has 0 atom stereocenters. The van der Waals surface area contributed by atoms with Crippen LogP contribution in [0.3, 0.4) is 0 Å². The monoisotopic (exact) mass is 1180 g/mol. The summed E-state index contributed by atoms with van der Waals surface area (Å²) in [6.45, 7) is 1.75. The van der Waals surface area contributed by atoms with E-state index in [-0.39, 0.29) is 241 Å². The van der Waals surface area contributed by atoms with Crippen molar-refractivity contribution in [2.75, 3.05) is 31.9 Å². The average molecular weight is 1180 g/mol. The molecule has 23 nitrogen and oxygen atoms in total. The molecule has 6 aromatic rings. The van der Waals surface area contributed by atoms with E-state index < -0.39 is 118 Å². The molecular weight excluding hydrogens is 1150 g/mol. The van der Waals surface area contributed by atoms with Crippen molar-refractivity contribution in [3.63, 3.8) is 0 Å². The van der Waals surface area contributed by atoms with Gasteiger partial charge in [-0.25, -0.2) is 21.6 Å². The van der Waals surface area contributed by atoms with Gasteiger partial charge in [0.1, 0.15) is 20.2 Å². The number of amides is 6. The SMILES string of the molecule is Cc1c[c-]c(NC(=O)c2cc(NC(=O)Nc3cc(C(=O)Nc4[c-]cc(S(=O)(=O)[O-])cc4)cc(C(=O)Nc4cc[c-]cc4S(=O)(=O)[O-])c3)cc(C(=O)Nc3ccc(S(=O)(=O)[O-])cc3S(=O)(=O)[O-])c2)cc1.[Na+].[Na+].[Na+].[Na+].[Na+].[Na+].[Na+]. The van der Waals surface area contributed by atoms with Crippen molar-refractivity contribution >= 4 is 104 Å². The van der Waals surface area contributed by atoms with Gasteiger partial charge in [-0.2, -0.15) is 60.2 Å². The van der Waals surface area contributed by atoms with Crippen molar-refractivity contribution in [2.24, 2.45) is 0 Å². The minimum atomic E-state index is -5.54. The standard InChI is InChI=1S/C42H31N6O17S4.7Na/c1-23-6-8-28(9-7-23)43-38(49)24-17-27(41(52)48-35-15-14-33(67(57,58)59)22-37(35)69(63,64)65)21-31(18-24)46-42(53)45-30-19-25(39(50)44-29-10-12-32(13-11-29)66(54,55)56)16-26(20-30)40(51)47-34-4-2-3-5-36(34)68(60,61)62;;;;;;;/h2,4-8,10,12-22H,1H3,(H,43,49)(H,44,50)(H,47,51)(H,48,52)(H2,45,46,53)(H,54,55,56)(H,57,58,59)(H,60,61,62)(H,63,64,65);;;;;;;/q-3;7*+1/p-4. The van der Waals surface area contributed by atoms with E-state index in [4.69, 9.17) is 0 Å². The number of anilines is 6. The predicted octanol–water partition coefficient (Wildman–Crippen LogP) is -17.3. The van der Waals surface area contributed by atoms with Gasteiger partial charge in [-0.05, 0) is 59.5 Å². The summed E-state index contributed by atoms with van der Waals surface area (Å²) in [7, 11) is -20.9. The number of rotatable bonds is 14. The van der Waals surface area contributed by atoms with Crippen molar-refractivity contribution < 1.29 is 283 Å². The van der Waals surface area contributed by atoms with Crippen LogP contribution in [0.2, 0.25) is 0 Å². The number of hydrogen-bond acceptors (Lipinski definition) is 17. The van der Waals surface area contributed by atoms with Crippen LogP contribution in [-0.4, -0.2) is 81.5 Å². The van der Waals surface area contributed by atoms with Crippen LogP contribution in [-0.2, 0) is 40.5 Å². The minimum Gasteiger partial charge on any atom is -0.754 e. The molecule has 0 fully saturated rings. The van der Waals surface area contributed by atoms with E-state index in [0.29, 0.717) is 12.1 Å². The second-order valence-electron chi connectivity index (χ2n) is 14.1. The zero-order chi connectivity index (χ0) is 50.6. The third-order valence-corrected chi connectivity index (χ3v) is 12.5. The third kappa shape index (κ3) is 22.1. The van der Waals surface area contributed by atoms with Gasteiger partial charge in [0.2, 0.25) is 0 Å². The van der Waals surface area contributed by atoms with Crippen LogP contribution in [0.4, 0.5) is 38.9 Å². The Hall–Kier alpha value is -0.890. The number of hydrogen-bond donors (Lipinski definition) is 6. The molecular formula is C42H27N6Na7O17S4. The largest absolute Gasteiger partial charge is 1.00 e. The fraction of sp³-hybridized carbons (Fsp3) is 0.0238. The summed E-state index contributed by atoms with van der Waals surface area (Å²) in [6.07, 6.45) is 0. The van der Waals surface area contributed by atoms with Crippen molar-refractivity contribution in [3.8, 4) is 0 Å². The zero-order valence-corrected chi connectivity index (χ0v) is 58.7. The number of carbonyl (C=O) groups excluding carboxylic acids is 5. The Morgan fingerprint density at radius 1 is 0.408 bits per heavy atom. The molecule has 0 saturated heterocycles. The van der Waals surface area contributed by atoms with Crippen LogP contribution < -0.4 is 239 Å². The van der Waals surface area contributed by atoms with Crippen molar-refractivity contribution in [1.82, 2.24) is 0 Å². The average Bonchev–Trinajstić information content (AvgIpc) is 3.26. The van der Waals surface area contributed by atoms with Gasteiger partial charge in [0.15, 0.2) is 0 Å². The van der Waals surface area contributed by atoms with Crippen LogP contribution >= 0.6 is 0 Å². The molecule has 76 heavy (non-hydrogen) atoms. The first-order chi connectivity index (χ1) is 32.1. The van der Waals surface area contributed by atoms with Crippen molar-refractivity contribution in [1.29, 1.82) is 0 Å². The van der Waals surface area contributed by atoms with Gasteiger partial charge in [0, 0.05) is 33.6 Å². The van der Waals surface area contributed by atoms with Gasteiger partial charge in [-0.1, -0.05) is 28.9 Å². The molecule has 0 aliphatic heterocycles. The summed E-state index contributed by atoms with van der Waals surface area (Å²) in [4.78, 5) is 63.9. The number of aryl methyl sites for hydroxylation is 1. The maximum Gasteiger partial charge on any atom is 1.00 e. The van der Waals surface area contributed by atoms with E-state index in [2.05, 4.69) is 50.1 Å². The van der Waals surface area contributed by atoms with E-state index in [9.17, 15) is 75.9 Å². The van der Waals surface area contributed by atoms with Gasteiger partial charge < -0.3 is 50.1 Å². The van der Waals surface area contributed by atoms with Gasteiger partial charge in [0.25, 0.3) is 23.6 Å². The van der Waals surface area contributed by atoms with Gasteiger partial charge in [-0.3, -0.25) is 36.0 Å². The van der Waals surface area contributed by atoms with E-state index in [0.717, 1.165) is 72.3 Å². The maximum atomic E-state index is 13.7. The number of urea groups is 1. The Balaban J connectivity index is 0. The molecule has 0 heterocycles. The number of carbonyl (C=O) groups is 5. The smallest absolute Gasteiger partial charge is 0.754 e. The Morgan fingerprint density at radius 2 is 0.803 bits per heavy atom. The van der Waals surface area contributed by atoms with Gasteiger partial charge in [-0.15, -0.1) is 18.2 Å². The van der Waals surface area contributed by atoms with Crippen LogP contribution in [0.1, 0.15) is 47.0 Å². The first-order valence-corrected chi connectivity index (χ1v) is 24.4. The Kier molecular flexibility index (Phi) is 33.2. The summed E-state index contributed by atoms with van der Waals surface area (Å²) in [5.41, 5.74) is -2.80. The number of nitrogens with one attached hydrogen (secondary N) is 6. The maximum absolute atomic E-state index is 13.7. The Labute approximate surface area is 590 Å². The van der Waals surface area contributed by atoms with Crippen LogP contribution in [0.5, 0.6) is 0 Å². The molecule has 6 rings (SSSR count). The normalized spacial score (nSPS) is 10.6. The predicted molar refractivity (Wildman–Crippen MR) is 236 cm³/mol. The summed E-state index contributed by atoms with van der Waals surface area (Å²) in [6, 6.07) is 24.3. The second-order valence-corrected chi connectivity index (χ2v) is 19.6. The molecule has 0 aliphatic carbocycles. The molecule has 0 aromatic heterocycles. The second kappa shape index (κ2) is 32.7. The minimum absolute atomic E-state index is 0. The summed E-state index contributed by atoms with van der Waals surface area (Å²) in [5, 5.41) is 13.9. The molecule has 34 heteroatoms. The third-order valence-electron chi connectivity index (χ3n) is 9.07. The van der Waals surface area contributed by atoms with Crippen LogP contribution in [0.15, 0.2) is 129 Å². The quantitative estimate of drug-likeness (QED) is 0.0335. The molecule has 0 saturated carbocycles. The summed E-state index contributed by atoms with van der Waals surface area (Å²) in [5.74, 6) is -4.27. The molecule has 358 valence electrons. The Bertz CT molecular complexity index is 3590. The van der Waals surface area contributed by atoms with E-state index in [1.54, 1.807) is 19.1 Å². The van der Waals surface area contributed by atoms with Crippen molar-refractivity contribution in [3.05, 3.63) is 155 Å².